The fraction of sp³-hybridized carbons (Fsp3) is 0.400. The molecule has 0 spiro atoms. The van der Waals surface area contributed by atoms with Gasteiger partial charge in [0.1, 0.15) is 5.15 Å². The van der Waals surface area contributed by atoms with Crippen molar-refractivity contribution in [3.63, 3.8) is 0 Å². The van der Waals surface area contributed by atoms with Crippen LogP contribution in [0.25, 0.3) is 0 Å². The second-order valence-corrected chi connectivity index (χ2v) is 4.01. The van der Waals surface area contributed by atoms with Crippen molar-refractivity contribution in [1.82, 2.24) is 4.98 Å². The molecule has 82 valence electrons. The van der Waals surface area contributed by atoms with E-state index >= 15 is 0 Å². The highest BCUT2D eigenvalue weighted by atomic mass is 35.5. The molecule has 1 amide bonds. The normalized spacial score (nSPS) is 12.6. The minimum atomic E-state index is -0.517. The van der Waals surface area contributed by atoms with E-state index in [1.165, 1.54) is 6.20 Å². The Labute approximate surface area is 93.8 Å². The zero-order valence-electron chi connectivity index (χ0n) is 8.70. The van der Waals surface area contributed by atoms with E-state index in [0.717, 1.165) is 0 Å². The number of anilines is 1. The summed E-state index contributed by atoms with van der Waals surface area (Å²) >= 11 is 5.68. The molecule has 4 nitrogen and oxygen atoms in total. The van der Waals surface area contributed by atoms with Crippen LogP contribution in [0.1, 0.15) is 13.8 Å². The summed E-state index contributed by atoms with van der Waals surface area (Å²) in [6.07, 6.45) is 1.53. The number of pyridine rings is 1. The van der Waals surface area contributed by atoms with Gasteiger partial charge in [-0.15, -0.1) is 0 Å². The highest BCUT2D eigenvalue weighted by molar-refractivity contribution is 6.29. The quantitative estimate of drug-likeness (QED) is 0.772. The van der Waals surface area contributed by atoms with Crippen molar-refractivity contribution >= 4 is 23.2 Å². The standard InChI is InChI=1S/C10H14ClN3O/c1-6(2)9(12)10(15)14-7-3-4-13-8(11)5-7/h3-6,9H,12H2,1-2H3,(H,13,14,15). The van der Waals surface area contributed by atoms with Gasteiger partial charge in [0, 0.05) is 11.9 Å². The Morgan fingerprint density at radius 3 is 2.80 bits per heavy atom. The van der Waals surface area contributed by atoms with Gasteiger partial charge < -0.3 is 11.1 Å². The Bertz CT molecular complexity index is 354. The summed E-state index contributed by atoms with van der Waals surface area (Å²) in [7, 11) is 0. The summed E-state index contributed by atoms with van der Waals surface area (Å²) in [4.78, 5) is 15.4. The van der Waals surface area contributed by atoms with Crippen LogP contribution in [0.3, 0.4) is 0 Å². The molecule has 0 aliphatic rings. The van der Waals surface area contributed by atoms with Crippen LogP contribution in [0.4, 0.5) is 5.69 Å². The Balaban J connectivity index is 2.66. The van der Waals surface area contributed by atoms with Gasteiger partial charge in [0.15, 0.2) is 0 Å². The summed E-state index contributed by atoms with van der Waals surface area (Å²) < 4.78 is 0. The van der Waals surface area contributed by atoms with Gasteiger partial charge in [-0.2, -0.15) is 0 Å². The van der Waals surface area contributed by atoms with Crippen LogP contribution < -0.4 is 11.1 Å². The van der Waals surface area contributed by atoms with Crippen LogP contribution in [0.15, 0.2) is 18.3 Å². The molecule has 0 fully saturated rings. The van der Waals surface area contributed by atoms with Crippen molar-refractivity contribution in [3.8, 4) is 0 Å². The molecule has 1 unspecified atom stereocenters. The average molecular weight is 228 g/mol. The lowest BCUT2D eigenvalue weighted by Crippen LogP contribution is -2.39. The molecule has 0 radical (unpaired) electrons. The molecule has 1 rings (SSSR count). The van der Waals surface area contributed by atoms with Crippen LogP contribution >= 0.6 is 11.6 Å². The monoisotopic (exact) mass is 227 g/mol. The van der Waals surface area contributed by atoms with Gasteiger partial charge in [0.05, 0.1) is 6.04 Å². The van der Waals surface area contributed by atoms with Gasteiger partial charge in [-0.1, -0.05) is 25.4 Å². The van der Waals surface area contributed by atoms with Gasteiger partial charge in [-0.25, -0.2) is 4.98 Å². The van der Waals surface area contributed by atoms with Crippen LogP contribution in [0.2, 0.25) is 5.15 Å². The zero-order valence-corrected chi connectivity index (χ0v) is 9.45. The minimum Gasteiger partial charge on any atom is -0.325 e. The van der Waals surface area contributed by atoms with Crippen molar-refractivity contribution < 1.29 is 4.79 Å². The van der Waals surface area contributed by atoms with E-state index in [1.807, 2.05) is 13.8 Å². The lowest BCUT2D eigenvalue weighted by molar-refractivity contribution is -0.118. The summed E-state index contributed by atoms with van der Waals surface area (Å²) in [6, 6.07) is 2.72. The van der Waals surface area contributed by atoms with Gasteiger partial charge in [0.25, 0.3) is 0 Å². The van der Waals surface area contributed by atoms with E-state index in [9.17, 15) is 4.79 Å². The van der Waals surface area contributed by atoms with Gasteiger partial charge in [0.2, 0.25) is 5.91 Å². The number of nitrogens with two attached hydrogens (primary N) is 1. The first-order chi connectivity index (χ1) is 7.00. The fourth-order valence-electron chi connectivity index (χ4n) is 1.01. The summed E-state index contributed by atoms with van der Waals surface area (Å²) in [5.74, 6) is -0.116. The Kier molecular flexibility index (Phi) is 4.05. The second-order valence-electron chi connectivity index (χ2n) is 3.63. The first-order valence-electron chi connectivity index (χ1n) is 4.68. The molecule has 15 heavy (non-hydrogen) atoms. The van der Waals surface area contributed by atoms with E-state index in [-0.39, 0.29) is 11.8 Å². The maximum Gasteiger partial charge on any atom is 0.241 e. The maximum absolute atomic E-state index is 11.6. The van der Waals surface area contributed by atoms with Crippen molar-refractivity contribution in [3.05, 3.63) is 23.5 Å². The predicted molar refractivity (Wildman–Crippen MR) is 60.7 cm³/mol. The molecule has 1 aromatic rings. The molecule has 0 aliphatic heterocycles. The van der Waals surface area contributed by atoms with Crippen molar-refractivity contribution in [2.75, 3.05) is 5.32 Å². The second kappa shape index (κ2) is 5.09. The summed E-state index contributed by atoms with van der Waals surface area (Å²) in [6.45, 7) is 3.79. The number of hydrogen-bond donors (Lipinski definition) is 2. The molecule has 0 aromatic carbocycles. The number of nitrogens with one attached hydrogen (secondary N) is 1. The van der Waals surface area contributed by atoms with Gasteiger partial charge >= 0.3 is 0 Å². The Hall–Kier alpha value is -1.13. The summed E-state index contributed by atoms with van der Waals surface area (Å²) in [5, 5.41) is 3.01. The fourth-order valence-corrected chi connectivity index (χ4v) is 1.18. The molecule has 0 saturated carbocycles. The third-order valence-corrected chi connectivity index (χ3v) is 2.22. The topological polar surface area (TPSA) is 68.0 Å². The highest BCUT2D eigenvalue weighted by Gasteiger charge is 2.17. The molecule has 0 aliphatic carbocycles. The molecule has 3 N–H and O–H groups in total. The van der Waals surface area contributed by atoms with Crippen LogP contribution in [-0.2, 0) is 4.79 Å². The van der Waals surface area contributed by atoms with Crippen molar-refractivity contribution in [2.24, 2.45) is 11.7 Å². The molecule has 0 bridgehead atoms. The maximum atomic E-state index is 11.6. The number of nitrogens with zero attached hydrogens (tertiary/aromatic N) is 1. The number of rotatable bonds is 3. The van der Waals surface area contributed by atoms with Crippen LogP contribution in [0.5, 0.6) is 0 Å². The number of hydrogen-bond acceptors (Lipinski definition) is 3. The first-order valence-corrected chi connectivity index (χ1v) is 5.06. The van der Waals surface area contributed by atoms with Crippen molar-refractivity contribution in [2.45, 2.75) is 19.9 Å². The van der Waals surface area contributed by atoms with E-state index in [2.05, 4.69) is 10.3 Å². The largest absolute Gasteiger partial charge is 0.325 e. The SMILES string of the molecule is CC(C)C(N)C(=O)Nc1ccnc(Cl)c1. The van der Waals surface area contributed by atoms with E-state index in [0.29, 0.717) is 10.8 Å². The van der Waals surface area contributed by atoms with E-state index in [1.54, 1.807) is 12.1 Å². The third-order valence-electron chi connectivity index (χ3n) is 2.02. The number of carbonyl (C=O) groups excluding carboxylic acids is 1. The molecular formula is C10H14ClN3O. The molecule has 5 heteroatoms. The summed E-state index contributed by atoms with van der Waals surface area (Å²) in [5.41, 5.74) is 6.29. The average Bonchev–Trinajstić information content (AvgIpc) is 2.16. The predicted octanol–water partition coefficient (Wildman–Crippen LogP) is 1.66. The zero-order chi connectivity index (χ0) is 11.4. The number of carbonyl (C=O) groups is 1. The molecule has 1 heterocycles. The molecular weight excluding hydrogens is 214 g/mol. The molecule has 1 aromatic heterocycles. The number of halogens is 1. The number of aromatic nitrogens is 1. The third kappa shape index (κ3) is 3.49. The van der Waals surface area contributed by atoms with Gasteiger partial charge in [-0.3, -0.25) is 4.79 Å². The molecule has 1 atom stereocenters. The van der Waals surface area contributed by atoms with Crippen molar-refractivity contribution in [1.29, 1.82) is 0 Å². The van der Waals surface area contributed by atoms with Crippen LogP contribution in [0, 0.1) is 5.92 Å². The number of amides is 1. The lowest BCUT2D eigenvalue weighted by atomic mass is 10.1. The highest BCUT2D eigenvalue weighted by Crippen LogP contribution is 2.12. The first kappa shape index (κ1) is 11.9. The Morgan fingerprint density at radius 2 is 2.27 bits per heavy atom. The lowest BCUT2D eigenvalue weighted by Gasteiger charge is -2.15. The molecule has 0 saturated heterocycles. The van der Waals surface area contributed by atoms with Crippen LogP contribution in [-0.4, -0.2) is 16.9 Å². The Morgan fingerprint density at radius 1 is 1.60 bits per heavy atom. The van der Waals surface area contributed by atoms with Gasteiger partial charge in [-0.05, 0) is 18.1 Å². The minimum absolute atomic E-state index is 0.0994. The smallest absolute Gasteiger partial charge is 0.241 e. The van der Waals surface area contributed by atoms with E-state index < -0.39 is 6.04 Å². The van der Waals surface area contributed by atoms with E-state index in [4.69, 9.17) is 17.3 Å².